The standard InChI is InChI=1S/C7H12N2O3S.CHF3O3S/c1-3-6(13(10,11)12)7-8-4-5-9(7)2;2-1(3,4)8(5,6)7/h4-6H,3H2,1-2H3,(H,10,11,12);(H,5,6,7). The first kappa shape index (κ1) is 19.8. The Hall–Kier alpha value is -1.18. The van der Waals surface area contributed by atoms with Crippen molar-refractivity contribution in [1.29, 1.82) is 0 Å². The van der Waals surface area contributed by atoms with Crippen LogP contribution >= 0.6 is 0 Å². The molecule has 0 spiro atoms. The average Bonchev–Trinajstić information content (AvgIpc) is 2.62. The third-order valence-corrected chi connectivity index (χ3v) is 4.02. The van der Waals surface area contributed by atoms with Crippen molar-refractivity contribution in [1.82, 2.24) is 9.55 Å². The number of hydrogen-bond acceptors (Lipinski definition) is 5. The van der Waals surface area contributed by atoms with Crippen molar-refractivity contribution in [2.24, 2.45) is 7.05 Å². The van der Waals surface area contributed by atoms with Gasteiger partial charge in [-0.15, -0.1) is 0 Å². The first-order chi connectivity index (χ1) is 9.21. The van der Waals surface area contributed by atoms with Crippen LogP contribution in [0, 0.1) is 0 Å². The lowest BCUT2D eigenvalue weighted by molar-refractivity contribution is -0.0510. The maximum absolute atomic E-state index is 10.9. The summed E-state index contributed by atoms with van der Waals surface area (Å²) in [5.41, 5.74) is -5.53. The number of alkyl halides is 3. The molecule has 8 nitrogen and oxygen atoms in total. The van der Waals surface area contributed by atoms with Gasteiger partial charge in [0.25, 0.3) is 10.1 Å². The van der Waals surface area contributed by atoms with Gasteiger partial charge in [-0.25, -0.2) is 4.98 Å². The molecule has 1 rings (SSSR count). The summed E-state index contributed by atoms with van der Waals surface area (Å²) in [5.74, 6) is 0.366. The Morgan fingerprint density at radius 1 is 1.29 bits per heavy atom. The Balaban J connectivity index is 0.000000433. The molecule has 0 aliphatic heterocycles. The second-order valence-corrected chi connectivity index (χ2v) is 6.74. The van der Waals surface area contributed by atoms with Gasteiger partial charge in [0.1, 0.15) is 11.1 Å². The van der Waals surface area contributed by atoms with Gasteiger partial charge >= 0.3 is 15.6 Å². The predicted molar refractivity (Wildman–Crippen MR) is 65.4 cm³/mol. The van der Waals surface area contributed by atoms with E-state index in [-0.39, 0.29) is 0 Å². The summed E-state index contributed by atoms with van der Waals surface area (Å²) in [5, 5.41) is -0.924. The maximum Gasteiger partial charge on any atom is 0.522 e. The van der Waals surface area contributed by atoms with Crippen LogP contribution in [0.1, 0.15) is 24.4 Å². The van der Waals surface area contributed by atoms with E-state index in [1.54, 1.807) is 24.7 Å². The predicted octanol–water partition coefficient (Wildman–Crippen LogP) is 1.15. The molecule has 0 amide bonds. The van der Waals surface area contributed by atoms with Gasteiger partial charge in [0, 0.05) is 19.4 Å². The molecule has 13 heteroatoms. The minimum atomic E-state index is -5.84. The van der Waals surface area contributed by atoms with Crippen LogP contribution in [0.15, 0.2) is 12.4 Å². The topological polar surface area (TPSA) is 127 Å². The molecule has 1 unspecified atom stereocenters. The highest BCUT2D eigenvalue weighted by molar-refractivity contribution is 7.86. The van der Waals surface area contributed by atoms with Crippen molar-refractivity contribution in [3.63, 3.8) is 0 Å². The molecular weight excluding hydrogens is 341 g/mol. The van der Waals surface area contributed by atoms with Gasteiger partial charge in [0.15, 0.2) is 0 Å². The molecule has 0 saturated carbocycles. The summed E-state index contributed by atoms with van der Waals surface area (Å²) >= 11 is 0. The number of imidazole rings is 1. The lowest BCUT2D eigenvalue weighted by atomic mass is 10.3. The molecule has 0 aliphatic rings. The maximum atomic E-state index is 10.9. The SMILES string of the molecule is CCC(c1nccn1C)S(=O)(=O)O.O=S(=O)(O)C(F)(F)F. The Morgan fingerprint density at radius 3 is 1.90 bits per heavy atom. The largest absolute Gasteiger partial charge is 0.522 e. The van der Waals surface area contributed by atoms with Gasteiger partial charge in [0.2, 0.25) is 0 Å². The molecule has 0 radical (unpaired) electrons. The summed E-state index contributed by atoms with van der Waals surface area (Å²) in [6.45, 7) is 1.69. The van der Waals surface area contributed by atoms with Gasteiger partial charge < -0.3 is 4.57 Å². The molecule has 1 heterocycles. The molecule has 0 aromatic carbocycles. The van der Waals surface area contributed by atoms with E-state index >= 15 is 0 Å². The number of aryl methyl sites for hydroxylation is 1. The van der Waals surface area contributed by atoms with Crippen molar-refractivity contribution in [3.8, 4) is 0 Å². The Labute approximate surface area is 119 Å². The normalized spacial score (nSPS) is 14.2. The zero-order chi connectivity index (χ0) is 17.1. The third-order valence-electron chi connectivity index (χ3n) is 2.17. The first-order valence-corrected chi connectivity index (χ1v) is 8.13. The lowest BCUT2D eigenvalue weighted by Gasteiger charge is -2.10. The molecule has 1 aromatic heterocycles. The molecule has 2 N–H and O–H groups in total. The number of hydrogen-bond donors (Lipinski definition) is 2. The summed E-state index contributed by atoms with van der Waals surface area (Å²) in [6, 6.07) is 0. The van der Waals surface area contributed by atoms with Crippen LogP contribution < -0.4 is 0 Å². The monoisotopic (exact) mass is 354 g/mol. The first-order valence-electron chi connectivity index (χ1n) is 5.19. The smallest absolute Gasteiger partial charge is 0.337 e. The second-order valence-electron chi connectivity index (χ2n) is 3.73. The van der Waals surface area contributed by atoms with E-state index in [2.05, 4.69) is 4.98 Å². The van der Waals surface area contributed by atoms with E-state index in [1.807, 2.05) is 0 Å². The summed E-state index contributed by atoms with van der Waals surface area (Å²) < 4.78 is 89.9. The number of halogens is 3. The van der Waals surface area contributed by atoms with Gasteiger partial charge in [0.05, 0.1) is 0 Å². The molecule has 1 atom stereocenters. The van der Waals surface area contributed by atoms with E-state index < -0.39 is 31.0 Å². The van der Waals surface area contributed by atoms with Crippen LogP contribution in [0.2, 0.25) is 0 Å². The highest BCUT2D eigenvalue weighted by Gasteiger charge is 2.44. The van der Waals surface area contributed by atoms with E-state index in [0.717, 1.165) is 0 Å². The Bertz CT molecular complexity index is 664. The number of aromatic nitrogens is 2. The van der Waals surface area contributed by atoms with Crippen LogP contribution in [0.3, 0.4) is 0 Å². The van der Waals surface area contributed by atoms with Crippen LogP contribution in [0.25, 0.3) is 0 Å². The molecular formula is C8H13F3N2O6S2. The van der Waals surface area contributed by atoms with Crippen molar-refractivity contribution < 1.29 is 39.1 Å². The fourth-order valence-corrected chi connectivity index (χ4v) is 2.13. The van der Waals surface area contributed by atoms with Gasteiger partial charge in [-0.3, -0.25) is 9.11 Å². The summed E-state index contributed by atoms with van der Waals surface area (Å²) in [7, 11) is -8.19. The van der Waals surface area contributed by atoms with E-state index in [0.29, 0.717) is 12.2 Å². The van der Waals surface area contributed by atoms with Crippen LogP contribution in [0.5, 0.6) is 0 Å². The van der Waals surface area contributed by atoms with Crippen molar-refractivity contribution in [2.75, 3.05) is 0 Å². The van der Waals surface area contributed by atoms with Crippen LogP contribution in [-0.4, -0.2) is 41.0 Å². The molecule has 1 aromatic rings. The lowest BCUT2D eigenvalue weighted by Crippen LogP contribution is -2.21. The van der Waals surface area contributed by atoms with E-state index in [4.69, 9.17) is 17.5 Å². The van der Waals surface area contributed by atoms with E-state index in [9.17, 15) is 21.6 Å². The Morgan fingerprint density at radius 2 is 1.71 bits per heavy atom. The zero-order valence-corrected chi connectivity index (χ0v) is 12.4. The zero-order valence-electron chi connectivity index (χ0n) is 10.8. The fourth-order valence-electron chi connectivity index (χ4n) is 1.21. The summed E-state index contributed by atoms with van der Waals surface area (Å²) in [4.78, 5) is 3.88. The highest BCUT2D eigenvalue weighted by Crippen LogP contribution is 2.22. The molecule has 124 valence electrons. The number of rotatable bonds is 3. The summed E-state index contributed by atoms with van der Waals surface area (Å²) in [6.07, 6.45) is 3.45. The van der Waals surface area contributed by atoms with E-state index in [1.165, 1.54) is 6.20 Å². The molecule has 0 fully saturated rings. The average molecular weight is 354 g/mol. The van der Waals surface area contributed by atoms with Crippen molar-refractivity contribution >= 4 is 20.2 Å². The molecule has 21 heavy (non-hydrogen) atoms. The quantitative estimate of drug-likeness (QED) is 0.616. The molecule has 0 aliphatic carbocycles. The number of nitrogens with zero attached hydrogens (tertiary/aromatic N) is 2. The minimum Gasteiger partial charge on any atom is -0.337 e. The van der Waals surface area contributed by atoms with Crippen molar-refractivity contribution in [3.05, 3.63) is 18.2 Å². The van der Waals surface area contributed by atoms with Crippen LogP contribution in [-0.2, 0) is 27.3 Å². The highest BCUT2D eigenvalue weighted by atomic mass is 32.2. The van der Waals surface area contributed by atoms with Gasteiger partial charge in [-0.2, -0.15) is 30.0 Å². The third kappa shape index (κ3) is 5.99. The minimum absolute atomic E-state index is 0.309. The van der Waals surface area contributed by atoms with Gasteiger partial charge in [-0.05, 0) is 6.42 Å². The van der Waals surface area contributed by atoms with Gasteiger partial charge in [-0.1, -0.05) is 6.92 Å². The molecule has 0 saturated heterocycles. The van der Waals surface area contributed by atoms with Crippen LogP contribution in [0.4, 0.5) is 13.2 Å². The second kappa shape index (κ2) is 6.72. The fraction of sp³-hybridized carbons (Fsp3) is 0.625. The Kier molecular flexibility index (Phi) is 6.34. The molecule has 0 bridgehead atoms. The van der Waals surface area contributed by atoms with Crippen molar-refractivity contribution in [2.45, 2.75) is 24.1 Å².